The zero-order valence-electron chi connectivity index (χ0n) is 11.4. The monoisotopic (exact) mass is 379 g/mol. The van der Waals surface area contributed by atoms with Crippen LogP contribution in [0.15, 0.2) is 36.1 Å². The normalized spacial score (nSPS) is 12.8. The summed E-state index contributed by atoms with van der Waals surface area (Å²) in [5.41, 5.74) is -1.14. The van der Waals surface area contributed by atoms with Gasteiger partial charge in [0.15, 0.2) is 5.69 Å². The summed E-state index contributed by atoms with van der Waals surface area (Å²) in [6.45, 7) is 3.15. The number of hydrogen-bond donors (Lipinski definition) is 0. The van der Waals surface area contributed by atoms with Crippen molar-refractivity contribution in [3.05, 3.63) is 47.4 Å². The van der Waals surface area contributed by atoms with Crippen molar-refractivity contribution in [2.75, 3.05) is 5.33 Å². The molecule has 0 unspecified atom stereocenters. The molecule has 0 atom stereocenters. The predicted octanol–water partition coefficient (Wildman–Crippen LogP) is 5.07. The number of thiocarbonyl (C=S) groups is 1. The molecular formula is C14H13BrF3NOS. The number of aromatic nitrogens is 1. The first kappa shape index (κ1) is 17.8. The third kappa shape index (κ3) is 5.24. The number of allylic oxidation sites excluding steroid dienone is 3. The van der Waals surface area contributed by atoms with Crippen LogP contribution in [0.25, 0.3) is 0 Å². The minimum absolute atomic E-state index is 0.108. The first-order chi connectivity index (χ1) is 9.79. The van der Waals surface area contributed by atoms with Gasteiger partial charge in [-0.3, -0.25) is 0 Å². The summed E-state index contributed by atoms with van der Waals surface area (Å²) < 4.78 is 44.3. The summed E-state index contributed by atoms with van der Waals surface area (Å²) >= 11 is 8.03. The Kier molecular flexibility index (Phi) is 6.54. The number of rotatable bonds is 5. The van der Waals surface area contributed by atoms with E-state index in [9.17, 15) is 13.2 Å². The number of halogens is 4. The van der Waals surface area contributed by atoms with E-state index in [1.807, 2.05) is 0 Å². The molecule has 0 saturated carbocycles. The summed E-state index contributed by atoms with van der Waals surface area (Å²) in [5, 5.41) is 0.609. The van der Waals surface area contributed by atoms with Gasteiger partial charge in [0.05, 0.1) is 0 Å². The summed E-state index contributed by atoms with van der Waals surface area (Å²) in [6, 6.07) is 2.64. The molecule has 0 aliphatic heterocycles. The average molecular weight is 380 g/mol. The molecule has 0 aliphatic rings. The number of hydrogen-bond acceptors (Lipinski definition) is 3. The highest BCUT2D eigenvalue weighted by atomic mass is 79.9. The van der Waals surface area contributed by atoms with Gasteiger partial charge in [-0.25, -0.2) is 4.98 Å². The van der Waals surface area contributed by atoms with Crippen LogP contribution in [0.3, 0.4) is 0 Å². The van der Waals surface area contributed by atoms with Crippen LogP contribution in [0.2, 0.25) is 0 Å². The smallest absolute Gasteiger partial charge is 0.434 e. The van der Waals surface area contributed by atoms with Crippen molar-refractivity contribution >= 4 is 33.0 Å². The molecule has 1 aromatic rings. The van der Waals surface area contributed by atoms with Crippen molar-refractivity contribution in [3.63, 3.8) is 0 Å². The Bertz CT molecular complexity index is 582. The van der Waals surface area contributed by atoms with Crippen LogP contribution in [-0.2, 0) is 6.18 Å². The van der Waals surface area contributed by atoms with E-state index in [4.69, 9.17) is 17.0 Å². The lowest BCUT2D eigenvalue weighted by molar-refractivity contribution is -0.141. The Balaban J connectivity index is 3.17. The third-order valence-corrected chi connectivity index (χ3v) is 2.99. The molecule has 0 saturated heterocycles. The Hall–Kier alpha value is -1.21. The van der Waals surface area contributed by atoms with Crippen LogP contribution in [0, 0.1) is 0 Å². The van der Waals surface area contributed by atoms with E-state index in [-0.39, 0.29) is 16.3 Å². The van der Waals surface area contributed by atoms with E-state index in [0.29, 0.717) is 11.1 Å². The fourth-order valence-electron chi connectivity index (χ4n) is 1.47. The molecule has 7 heteroatoms. The number of ether oxygens (including phenoxy) is 1. The first-order valence-electron chi connectivity index (χ1n) is 5.95. The lowest BCUT2D eigenvalue weighted by Crippen LogP contribution is -2.14. The maximum atomic E-state index is 13.0. The zero-order valence-corrected chi connectivity index (χ0v) is 13.8. The number of pyridine rings is 1. The third-order valence-electron chi connectivity index (χ3n) is 2.40. The van der Waals surface area contributed by atoms with Crippen LogP contribution in [0.4, 0.5) is 13.2 Å². The van der Waals surface area contributed by atoms with Gasteiger partial charge in [0, 0.05) is 21.8 Å². The largest absolute Gasteiger partial charge is 0.439 e. The Labute approximate surface area is 134 Å². The van der Waals surface area contributed by atoms with E-state index in [1.54, 1.807) is 25.2 Å². The Morgan fingerprint density at radius 1 is 1.43 bits per heavy atom. The molecular weight excluding hydrogens is 367 g/mol. The van der Waals surface area contributed by atoms with Crippen molar-refractivity contribution in [3.8, 4) is 5.88 Å². The second-order valence-electron chi connectivity index (χ2n) is 3.95. The number of nitrogens with zero attached hydrogens (tertiary/aromatic N) is 1. The van der Waals surface area contributed by atoms with Crippen LogP contribution < -0.4 is 4.74 Å². The maximum Gasteiger partial charge on any atom is 0.434 e. The lowest BCUT2D eigenvalue weighted by atomic mass is 10.1. The average Bonchev–Trinajstić information content (AvgIpc) is 2.42. The zero-order chi connectivity index (χ0) is 16.0. The van der Waals surface area contributed by atoms with Crippen LogP contribution in [0.1, 0.15) is 25.1 Å². The molecule has 0 aliphatic carbocycles. The van der Waals surface area contributed by atoms with Crippen molar-refractivity contribution in [1.82, 2.24) is 4.98 Å². The SMILES string of the molecule is C/C=C(\C=C/CBr)Oc1ccc(C(C)=S)c(C(F)(F)F)n1. The second kappa shape index (κ2) is 7.70. The molecule has 0 amide bonds. The molecule has 0 N–H and O–H groups in total. The van der Waals surface area contributed by atoms with E-state index in [0.717, 1.165) is 0 Å². The molecule has 0 aromatic carbocycles. The standard InChI is InChI=1S/C14H13BrF3NOS/c1-3-10(5-4-8-15)20-12-7-6-11(9(2)21)13(19-12)14(16,17)18/h3-7H,8H2,1-2H3/b5-4-,10-3+. The molecule has 21 heavy (non-hydrogen) atoms. The van der Waals surface area contributed by atoms with Gasteiger partial charge in [-0.2, -0.15) is 13.2 Å². The van der Waals surface area contributed by atoms with Crippen molar-refractivity contribution in [2.24, 2.45) is 0 Å². The van der Waals surface area contributed by atoms with Crippen LogP contribution >= 0.6 is 28.1 Å². The predicted molar refractivity (Wildman–Crippen MR) is 83.9 cm³/mol. The topological polar surface area (TPSA) is 22.1 Å². The molecule has 0 fully saturated rings. The second-order valence-corrected chi connectivity index (χ2v) is 5.21. The van der Waals surface area contributed by atoms with Gasteiger partial charge >= 0.3 is 6.18 Å². The van der Waals surface area contributed by atoms with Crippen LogP contribution in [-0.4, -0.2) is 15.2 Å². The molecule has 1 aromatic heterocycles. The van der Waals surface area contributed by atoms with E-state index >= 15 is 0 Å². The Morgan fingerprint density at radius 2 is 2.10 bits per heavy atom. The van der Waals surface area contributed by atoms with E-state index in [1.165, 1.54) is 19.1 Å². The first-order valence-corrected chi connectivity index (χ1v) is 7.48. The molecule has 2 nitrogen and oxygen atoms in total. The molecule has 114 valence electrons. The highest BCUT2D eigenvalue weighted by Gasteiger charge is 2.36. The number of alkyl halides is 4. The van der Waals surface area contributed by atoms with Gasteiger partial charge in [-0.1, -0.05) is 34.2 Å². The lowest BCUT2D eigenvalue weighted by Gasteiger charge is -2.13. The highest BCUT2D eigenvalue weighted by molar-refractivity contribution is 9.09. The van der Waals surface area contributed by atoms with E-state index in [2.05, 4.69) is 20.9 Å². The molecule has 0 bridgehead atoms. The minimum atomic E-state index is -4.59. The van der Waals surface area contributed by atoms with Crippen LogP contribution in [0.5, 0.6) is 5.88 Å². The molecule has 0 spiro atoms. The van der Waals surface area contributed by atoms with E-state index < -0.39 is 11.9 Å². The summed E-state index contributed by atoms with van der Waals surface area (Å²) in [6.07, 6.45) is 0.445. The van der Waals surface area contributed by atoms with Gasteiger partial charge in [0.1, 0.15) is 5.76 Å². The molecule has 1 rings (SSSR count). The fourth-order valence-corrected chi connectivity index (χ4v) is 1.82. The van der Waals surface area contributed by atoms with Gasteiger partial charge in [0.2, 0.25) is 5.88 Å². The van der Waals surface area contributed by atoms with Gasteiger partial charge in [-0.05, 0) is 32.1 Å². The van der Waals surface area contributed by atoms with Gasteiger partial charge in [-0.15, -0.1) is 0 Å². The fraction of sp³-hybridized carbons (Fsp3) is 0.286. The Morgan fingerprint density at radius 3 is 2.57 bits per heavy atom. The van der Waals surface area contributed by atoms with Gasteiger partial charge in [0.25, 0.3) is 0 Å². The van der Waals surface area contributed by atoms with Crippen molar-refractivity contribution < 1.29 is 17.9 Å². The van der Waals surface area contributed by atoms with Crippen molar-refractivity contribution in [2.45, 2.75) is 20.0 Å². The highest BCUT2D eigenvalue weighted by Crippen LogP contribution is 2.32. The summed E-state index contributed by atoms with van der Waals surface area (Å²) in [7, 11) is 0. The van der Waals surface area contributed by atoms with Gasteiger partial charge < -0.3 is 4.74 Å². The quantitative estimate of drug-likeness (QED) is 0.234. The van der Waals surface area contributed by atoms with Crippen molar-refractivity contribution in [1.29, 1.82) is 0 Å². The minimum Gasteiger partial charge on any atom is -0.439 e. The summed E-state index contributed by atoms with van der Waals surface area (Å²) in [4.78, 5) is 3.67. The molecule has 1 heterocycles. The summed E-state index contributed by atoms with van der Waals surface area (Å²) in [5.74, 6) is 0.275. The maximum absolute atomic E-state index is 13.0. The molecule has 0 radical (unpaired) electrons.